The Morgan fingerprint density at radius 3 is 2.48 bits per heavy atom. The molecular formula is C24H37NO4. The van der Waals surface area contributed by atoms with Gasteiger partial charge in [-0.05, 0) is 56.3 Å². The molecule has 0 radical (unpaired) electrons. The lowest BCUT2D eigenvalue weighted by Crippen LogP contribution is -2.49. The number of hydrogen-bond donors (Lipinski definition) is 3. The minimum atomic E-state index is -0.594. The number of carbonyl (C=O) groups excluding carboxylic acids is 2. The first-order chi connectivity index (χ1) is 13.7. The zero-order valence-electron chi connectivity index (χ0n) is 18.4. The molecule has 2 aliphatic carbocycles. The van der Waals surface area contributed by atoms with Crippen molar-refractivity contribution in [2.75, 3.05) is 0 Å². The van der Waals surface area contributed by atoms with Crippen LogP contribution in [0.1, 0.15) is 66.7 Å². The molecule has 1 aliphatic heterocycles. The van der Waals surface area contributed by atoms with E-state index in [0.717, 1.165) is 32.1 Å². The molecule has 2 fully saturated rings. The highest BCUT2D eigenvalue weighted by Crippen LogP contribution is 2.54. The van der Waals surface area contributed by atoms with Gasteiger partial charge in [-0.2, -0.15) is 0 Å². The Balaban J connectivity index is 2.13. The maximum absolute atomic E-state index is 12.7. The Morgan fingerprint density at radius 2 is 1.93 bits per heavy atom. The van der Waals surface area contributed by atoms with Crippen molar-refractivity contribution in [2.24, 2.45) is 35.5 Å². The van der Waals surface area contributed by atoms with Crippen molar-refractivity contribution in [3.8, 4) is 0 Å². The second-order valence-electron chi connectivity index (χ2n) is 9.52. The van der Waals surface area contributed by atoms with Crippen molar-refractivity contribution in [3.63, 3.8) is 0 Å². The standard InChI is InChI=1S/C24H37NO4/c1-6-8-9-17-12(3)10-15-11-13(4)21(26)16(7-2)18(15)19(17)23(28)20-22(27)14(5)25-24(20)29/h10,13-19,21,26,28H,6-9,11H2,1-5H3,(H,25,29)/b23-20-/t13-,14+,15+,16+,17+,18+,19-,21+/m1/s1. The quantitative estimate of drug-likeness (QED) is 0.281. The molecule has 1 heterocycles. The summed E-state index contributed by atoms with van der Waals surface area (Å²) in [5.41, 5.74) is 1.19. The fourth-order valence-corrected chi connectivity index (χ4v) is 6.21. The van der Waals surface area contributed by atoms with Crippen LogP contribution in [-0.4, -0.2) is 34.0 Å². The smallest absolute Gasteiger partial charge is 0.259 e. The third-order valence-electron chi connectivity index (χ3n) is 7.69. The number of aliphatic hydroxyl groups is 2. The maximum Gasteiger partial charge on any atom is 0.259 e. The number of carbonyl (C=O) groups is 2. The van der Waals surface area contributed by atoms with Crippen molar-refractivity contribution in [2.45, 2.75) is 78.9 Å². The molecule has 0 unspecified atom stereocenters. The van der Waals surface area contributed by atoms with E-state index in [1.807, 2.05) is 0 Å². The Labute approximate surface area is 174 Å². The van der Waals surface area contributed by atoms with Gasteiger partial charge >= 0.3 is 0 Å². The predicted molar refractivity (Wildman–Crippen MR) is 113 cm³/mol. The number of Topliss-reactive ketones (excluding diaryl/α,β-unsaturated/α-hetero) is 1. The highest BCUT2D eigenvalue weighted by atomic mass is 16.3. The molecule has 5 heteroatoms. The van der Waals surface area contributed by atoms with Gasteiger partial charge in [0.15, 0.2) is 5.78 Å². The first kappa shape index (κ1) is 22.1. The molecule has 0 aromatic carbocycles. The number of rotatable bonds is 5. The number of ketones is 1. The molecule has 3 aliphatic rings. The highest BCUT2D eigenvalue weighted by molar-refractivity contribution is 6.26. The van der Waals surface area contributed by atoms with E-state index in [9.17, 15) is 19.8 Å². The summed E-state index contributed by atoms with van der Waals surface area (Å²) in [5.74, 6) is -0.485. The predicted octanol–water partition coefficient (Wildman–Crippen LogP) is 3.93. The average molecular weight is 404 g/mol. The molecule has 1 amide bonds. The van der Waals surface area contributed by atoms with Crippen molar-refractivity contribution in [1.29, 1.82) is 0 Å². The van der Waals surface area contributed by atoms with E-state index < -0.39 is 18.1 Å². The minimum Gasteiger partial charge on any atom is -0.511 e. The van der Waals surface area contributed by atoms with Gasteiger partial charge in [0.2, 0.25) is 0 Å². The van der Waals surface area contributed by atoms with Gasteiger partial charge < -0.3 is 15.5 Å². The van der Waals surface area contributed by atoms with Crippen LogP contribution in [-0.2, 0) is 9.59 Å². The third kappa shape index (κ3) is 3.78. The lowest BCUT2D eigenvalue weighted by molar-refractivity contribution is -0.117. The van der Waals surface area contributed by atoms with Gasteiger partial charge in [-0.3, -0.25) is 9.59 Å². The maximum atomic E-state index is 12.7. The summed E-state index contributed by atoms with van der Waals surface area (Å²) in [6.07, 6.45) is 6.60. The van der Waals surface area contributed by atoms with E-state index in [1.54, 1.807) is 6.92 Å². The molecule has 0 aromatic rings. The summed E-state index contributed by atoms with van der Waals surface area (Å²) in [4.78, 5) is 25.2. The molecule has 162 valence electrons. The number of amides is 1. The molecule has 5 nitrogen and oxygen atoms in total. The van der Waals surface area contributed by atoms with Gasteiger partial charge in [-0.1, -0.05) is 51.7 Å². The molecule has 0 spiro atoms. The van der Waals surface area contributed by atoms with Crippen molar-refractivity contribution < 1.29 is 19.8 Å². The highest BCUT2D eigenvalue weighted by Gasteiger charge is 2.51. The van der Waals surface area contributed by atoms with Crippen LogP contribution in [0.15, 0.2) is 23.0 Å². The van der Waals surface area contributed by atoms with E-state index in [2.05, 4.69) is 39.1 Å². The van der Waals surface area contributed by atoms with Gasteiger partial charge in [0, 0.05) is 5.92 Å². The van der Waals surface area contributed by atoms with Crippen LogP contribution in [0.3, 0.4) is 0 Å². The lowest BCUT2D eigenvalue weighted by atomic mass is 9.54. The summed E-state index contributed by atoms with van der Waals surface area (Å²) in [7, 11) is 0. The molecular weight excluding hydrogens is 366 g/mol. The van der Waals surface area contributed by atoms with Crippen LogP contribution in [0.2, 0.25) is 0 Å². The number of aliphatic hydroxyl groups excluding tert-OH is 2. The Bertz CT molecular complexity index is 724. The van der Waals surface area contributed by atoms with Crippen LogP contribution in [0.4, 0.5) is 0 Å². The van der Waals surface area contributed by atoms with E-state index in [4.69, 9.17) is 0 Å². The summed E-state index contributed by atoms with van der Waals surface area (Å²) >= 11 is 0. The summed E-state index contributed by atoms with van der Waals surface area (Å²) in [5, 5.41) is 25.0. The van der Waals surface area contributed by atoms with E-state index in [-0.39, 0.29) is 52.6 Å². The van der Waals surface area contributed by atoms with Crippen molar-refractivity contribution in [1.82, 2.24) is 5.32 Å². The zero-order valence-corrected chi connectivity index (χ0v) is 18.4. The molecule has 8 atom stereocenters. The average Bonchev–Trinajstić information content (AvgIpc) is 2.92. The normalized spacial score (nSPS) is 41.7. The number of hydrogen-bond acceptors (Lipinski definition) is 4. The molecule has 1 saturated heterocycles. The minimum absolute atomic E-state index is 0.0411. The summed E-state index contributed by atoms with van der Waals surface area (Å²) < 4.78 is 0. The molecule has 1 saturated carbocycles. The van der Waals surface area contributed by atoms with E-state index in [1.165, 1.54) is 5.57 Å². The van der Waals surface area contributed by atoms with Gasteiger partial charge in [-0.15, -0.1) is 0 Å². The van der Waals surface area contributed by atoms with Crippen LogP contribution in [0.5, 0.6) is 0 Å². The van der Waals surface area contributed by atoms with E-state index in [0.29, 0.717) is 0 Å². The van der Waals surface area contributed by atoms with E-state index >= 15 is 0 Å². The van der Waals surface area contributed by atoms with Crippen LogP contribution < -0.4 is 5.32 Å². The first-order valence-electron chi connectivity index (χ1n) is 11.4. The molecule has 3 rings (SSSR count). The monoisotopic (exact) mass is 403 g/mol. The number of nitrogens with one attached hydrogen (secondary N) is 1. The largest absolute Gasteiger partial charge is 0.511 e. The van der Waals surface area contributed by atoms with Gasteiger partial charge in [0.05, 0.1) is 12.1 Å². The zero-order chi connectivity index (χ0) is 21.5. The van der Waals surface area contributed by atoms with Gasteiger partial charge in [0.25, 0.3) is 5.91 Å². The Kier molecular flexibility index (Phi) is 6.57. The lowest BCUT2D eigenvalue weighted by Gasteiger charge is -2.51. The topological polar surface area (TPSA) is 86.6 Å². The fraction of sp³-hybridized carbons (Fsp3) is 0.750. The molecule has 3 N–H and O–H groups in total. The third-order valence-corrected chi connectivity index (χ3v) is 7.69. The number of allylic oxidation sites excluding steroid dienone is 3. The SMILES string of the molecule is CCCC[C@H]1C(C)=C[C@H]2C[C@@H](C)[C@H](O)[C@@H](CC)[C@H]2[C@@H]1/C(O)=C1/C(=O)N[C@@H](C)C1=O. The molecule has 29 heavy (non-hydrogen) atoms. The number of unbranched alkanes of at least 4 members (excludes halogenated alkanes) is 1. The van der Waals surface area contributed by atoms with Gasteiger partial charge in [0.1, 0.15) is 11.3 Å². The summed E-state index contributed by atoms with van der Waals surface area (Å²) in [6.45, 7) is 10.1. The fourth-order valence-electron chi connectivity index (χ4n) is 6.21. The second kappa shape index (κ2) is 8.63. The van der Waals surface area contributed by atoms with Crippen molar-refractivity contribution in [3.05, 3.63) is 23.0 Å². The first-order valence-corrected chi connectivity index (χ1v) is 11.4. The van der Waals surface area contributed by atoms with Crippen molar-refractivity contribution >= 4 is 11.7 Å². The van der Waals surface area contributed by atoms with Crippen LogP contribution in [0, 0.1) is 35.5 Å². The second-order valence-corrected chi connectivity index (χ2v) is 9.52. The molecule has 0 bridgehead atoms. The van der Waals surface area contributed by atoms with Gasteiger partial charge in [-0.25, -0.2) is 0 Å². The van der Waals surface area contributed by atoms with Crippen LogP contribution in [0.25, 0.3) is 0 Å². The Hall–Kier alpha value is -1.62. The summed E-state index contributed by atoms with van der Waals surface area (Å²) in [6, 6.07) is -0.594. The Morgan fingerprint density at radius 1 is 1.24 bits per heavy atom. The molecule has 0 aromatic heterocycles. The van der Waals surface area contributed by atoms with Crippen LogP contribution >= 0.6 is 0 Å². The number of fused-ring (bicyclic) bond motifs is 1.